The van der Waals surface area contributed by atoms with Gasteiger partial charge < -0.3 is 19.7 Å². The van der Waals surface area contributed by atoms with Gasteiger partial charge in [-0.2, -0.15) is 0 Å². The summed E-state index contributed by atoms with van der Waals surface area (Å²) < 4.78 is 10.6. The SMILES string of the molecule is CC(C)OC[C@@H]1O[C@H](C)[C@H](O)C1O. The van der Waals surface area contributed by atoms with Crippen LogP contribution in [0.5, 0.6) is 0 Å². The Morgan fingerprint density at radius 2 is 1.92 bits per heavy atom. The molecule has 13 heavy (non-hydrogen) atoms. The fourth-order valence-electron chi connectivity index (χ4n) is 1.36. The minimum Gasteiger partial charge on any atom is -0.388 e. The van der Waals surface area contributed by atoms with E-state index in [-0.39, 0.29) is 12.2 Å². The molecule has 2 N–H and O–H groups in total. The number of aliphatic hydroxyl groups excluding tert-OH is 2. The summed E-state index contributed by atoms with van der Waals surface area (Å²) in [5.74, 6) is 0. The van der Waals surface area contributed by atoms with Crippen molar-refractivity contribution in [3.05, 3.63) is 0 Å². The molecule has 0 aromatic carbocycles. The van der Waals surface area contributed by atoms with E-state index in [2.05, 4.69) is 0 Å². The number of hydrogen-bond acceptors (Lipinski definition) is 4. The monoisotopic (exact) mass is 190 g/mol. The van der Waals surface area contributed by atoms with E-state index in [0.29, 0.717) is 6.61 Å². The van der Waals surface area contributed by atoms with Crippen molar-refractivity contribution in [2.75, 3.05) is 6.61 Å². The maximum atomic E-state index is 9.49. The van der Waals surface area contributed by atoms with E-state index in [1.165, 1.54) is 0 Å². The second kappa shape index (κ2) is 4.37. The second-order valence-electron chi connectivity index (χ2n) is 3.74. The van der Waals surface area contributed by atoms with Gasteiger partial charge in [-0.15, -0.1) is 0 Å². The maximum Gasteiger partial charge on any atom is 0.111 e. The van der Waals surface area contributed by atoms with Gasteiger partial charge in [0.15, 0.2) is 0 Å². The zero-order valence-electron chi connectivity index (χ0n) is 8.30. The van der Waals surface area contributed by atoms with Gasteiger partial charge in [0.2, 0.25) is 0 Å². The lowest BCUT2D eigenvalue weighted by atomic mass is 10.1. The lowest BCUT2D eigenvalue weighted by molar-refractivity contribution is -0.0554. The molecule has 0 radical (unpaired) electrons. The van der Waals surface area contributed by atoms with Crippen molar-refractivity contribution in [2.24, 2.45) is 0 Å². The topological polar surface area (TPSA) is 58.9 Å². The third-order valence-electron chi connectivity index (χ3n) is 2.20. The van der Waals surface area contributed by atoms with Crippen LogP contribution in [0.1, 0.15) is 20.8 Å². The molecule has 0 aromatic heterocycles. The summed E-state index contributed by atoms with van der Waals surface area (Å²) in [6.45, 7) is 5.91. The van der Waals surface area contributed by atoms with Crippen molar-refractivity contribution in [2.45, 2.75) is 51.3 Å². The number of rotatable bonds is 3. The predicted molar refractivity (Wildman–Crippen MR) is 47.4 cm³/mol. The van der Waals surface area contributed by atoms with Crippen molar-refractivity contribution in [1.29, 1.82) is 0 Å². The Balaban J connectivity index is 2.35. The highest BCUT2D eigenvalue weighted by atomic mass is 16.6. The molecule has 1 fully saturated rings. The average molecular weight is 190 g/mol. The zero-order chi connectivity index (χ0) is 10.0. The first kappa shape index (κ1) is 10.9. The third-order valence-corrected chi connectivity index (χ3v) is 2.20. The van der Waals surface area contributed by atoms with Crippen molar-refractivity contribution in [1.82, 2.24) is 0 Å². The van der Waals surface area contributed by atoms with Gasteiger partial charge in [0.1, 0.15) is 18.3 Å². The predicted octanol–water partition coefficient (Wildman–Crippen LogP) is -0.0795. The van der Waals surface area contributed by atoms with E-state index in [1.54, 1.807) is 6.92 Å². The molecule has 4 atom stereocenters. The second-order valence-corrected chi connectivity index (χ2v) is 3.74. The molecule has 78 valence electrons. The summed E-state index contributed by atoms with van der Waals surface area (Å²) in [5, 5.41) is 18.9. The molecule has 1 rings (SSSR count). The minimum atomic E-state index is -0.825. The number of ether oxygens (including phenoxy) is 2. The van der Waals surface area contributed by atoms with Crippen LogP contribution in [-0.2, 0) is 9.47 Å². The van der Waals surface area contributed by atoms with E-state index in [9.17, 15) is 10.2 Å². The van der Waals surface area contributed by atoms with Gasteiger partial charge in [-0.25, -0.2) is 0 Å². The van der Waals surface area contributed by atoms with Gasteiger partial charge in [0.25, 0.3) is 0 Å². The van der Waals surface area contributed by atoms with Gasteiger partial charge in [0.05, 0.1) is 18.8 Å². The summed E-state index contributed by atoms with van der Waals surface area (Å²) in [6.07, 6.45) is -2.21. The molecule has 0 spiro atoms. The van der Waals surface area contributed by atoms with Crippen LogP contribution in [0.4, 0.5) is 0 Å². The Morgan fingerprint density at radius 1 is 1.31 bits per heavy atom. The molecule has 1 aliphatic heterocycles. The lowest BCUT2D eigenvalue weighted by Crippen LogP contribution is -2.34. The molecule has 4 heteroatoms. The van der Waals surface area contributed by atoms with Gasteiger partial charge in [-0.3, -0.25) is 0 Å². The van der Waals surface area contributed by atoms with Crippen LogP contribution >= 0.6 is 0 Å². The molecule has 0 aromatic rings. The molecule has 1 heterocycles. The normalized spacial score (nSPS) is 40.2. The summed E-state index contributed by atoms with van der Waals surface area (Å²) >= 11 is 0. The van der Waals surface area contributed by atoms with E-state index in [1.807, 2.05) is 13.8 Å². The largest absolute Gasteiger partial charge is 0.388 e. The van der Waals surface area contributed by atoms with Crippen LogP contribution in [-0.4, -0.2) is 47.3 Å². The first-order valence-corrected chi connectivity index (χ1v) is 4.65. The van der Waals surface area contributed by atoms with Crippen LogP contribution < -0.4 is 0 Å². The quantitative estimate of drug-likeness (QED) is 0.653. The van der Waals surface area contributed by atoms with Gasteiger partial charge in [-0.05, 0) is 20.8 Å². The first-order valence-electron chi connectivity index (χ1n) is 4.65. The van der Waals surface area contributed by atoms with E-state index >= 15 is 0 Å². The van der Waals surface area contributed by atoms with Gasteiger partial charge in [-0.1, -0.05) is 0 Å². The van der Waals surface area contributed by atoms with Crippen molar-refractivity contribution < 1.29 is 19.7 Å². The molecule has 0 bridgehead atoms. The summed E-state index contributed by atoms with van der Waals surface area (Å²) in [6, 6.07) is 0. The van der Waals surface area contributed by atoms with Crippen molar-refractivity contribution in [3.63, 3.8) is 0 Å². The highest BCUT2D eigenvalue weighted by Crippen LogP contribution is 2.21. The molecule has 4 nitrogen and oxygen atoms in total. The average Bonchev–Trinajstić information content (AvgIpc) is 2.29. The molecule has 1 saturated heterocycles. The molecule has 0 aliphatic carbocycles. The molecular formula is C9H18O4. The van der Waals surface area contributed by atoms with Crippen molar-refractivity contribution in [3.8, 4) is 0 Å². The lowest BCUT2D eigenvalue weighted by Gasteiger charge is -2.16. The first-order chi connectivity index (χ1) is 6.02. The van der Waals surface area contributed by atoms with Gasteiger partial charge >= 0.3 is 0 Å². The molecule has 0 amide bonds. The fourth-order valence-corrected chi connectivity index (χ4v) is 1.36. The minimum absolute atomic E-state index is 0.115. The highest BCUT2D eigenvalue weighted by molar-refractivity contribution is 4.88. The van der Waals surface area contributed by atoms with E-state index in [4.69, 9.17) is 9.47 Å². The summed E-state index contributed by atoms with van der Waals surface area (Å²) in [5.41, 5.74) is 0. The summed E-state index contributed by atoms with van der Waals surface area (Å²) in [7, 11) is 0. The number of hydrogen-bond donors (Lipinski definition) is 2. The highest BCUT2D eigenvalue weighted by Gasteiger charge is 2.40. The Bertz CT molecular complexity index is 160. The smallest absolute Gasteiger partial charge is 0.111 e. The van der Waals surface area contributed by atoms with Crippen LogP contribution in [0.15, 0.2) is 0 Å². The fraction of sp³-hybridized carbons (Fsp3) is 1.00. The molecule has 0 saturated carbocycles. The van der Waals surface area contributed by atoms with E-state index in [0.717, 1.165) is 0 Å². The summed E-state index contributed by atoms with van der Waals surface area (Å²) in [4.78, 5) is 0. The van der Waals surface area contributed by atoms with Crippen LogP contribution in [0.3, 0.4) is 0 Å². The van der Waals surface area contributed by atoms with Gasteiger partial charge in [0, 0.05) is 0 Å². The van der Waals surface area contributed by atoms with Crippen molar-refractivity contribution >= 4 is 0 Å². The molecule has 1 unspecified atom stereocenters. The Labute approximate surface area is 78.5 Å². The van der Waals surface area contributed by atoms with E-state index < -0.39 is 18.3 Å². The molecular weight excluding hydrogens is 172 g/mol. The Hall–Kier alpha value is -0.160. The maximum absolute atomic E-state index is 9.49. The third kappa shape index (κ3) is 2.64. The van der Waals surface area contributed by atoms with Crippen LogP contribution in [0, 0.1) is 0 Å². The van der Waals surface area contributed by atoms with Crippen LogP contribution in [0.2, 0.25) is 0 Å². The zero-order valence-corrected chi connectivity index (χ0v) is 8.30. The standard InChI is InChI=1S/C9H18O4/c1-5(2)12-4-7-9(11)8(10)6(3)13-7/h5-11H,4H2,1-3H3/t6-,7+,8+,9?/m1/s1. The van der Waals surface area contributed by atoms with Crippen LogP contribution in [0.25, 0.3) is 0 Å². The Morgan fingerprint density at radius 3 is 2.31 bits per heavy atom. The Kier molecular flexibility index (Phi) is 3.67. The number of aliphatic hydroxyl groups is 2. The molecule has 1 aliphatic rings.